The van der Waals surface area contributed by atoms with Gasteiger partial charge in [-0.1, -0.05) is 0 Å². The Hall–Kier alpha value is -1.62. The van der Waals surface area contributed by atoms with Gasteiger partial charge in [-0.25, -0.2) is 0 Å². The molecule has 96 valence electrons. The molecule has 18 heavy (non-hydrogen) atoms. The number of hydrogen-bond donors (Lipinski definition) is 2. The van der Waals surface area contributed by atoms with E-state index in [2.05, 4.69) is 39.7 Å². The van der Waals surface area contributed by atoms with Gasteiger partial charge in [0.1, 0.15) is 0 Å². The maximum atomic E-state index is 4.35. The van der Waals surface area contributed by atoms with Gasteiger partial charge in [-0.05, 0) is 31.9 Å². The van der Waals surface area contributed by atoms with Crippen molar-refractivity contribution in [2.75, 3.05) is 0 Å². The number of nitrogens with zero attached hydrogens (tertiary/aromatic N) is 3. The Morgan fingerprint density at radius 3 is 3.11 bits per heavy atom. The van der Waals surface area contributed by atoms with E-state index in [9.17, 15) is 0 Å². The second-order valence-corrected chi connectivity index (χ2v) is 4.83. The summed E-state index contributed by atoms with van der Waals surface area (Å²) in [6.45, 7) is 4.69. The molecule has 0 saturated heterocycles. The van der Waals surface area contributed by atoms with Gasteiger partial charge in [0.15, 0.2) is 0 Å². The number of H-pyrrole nitrogens is 1. The molecule has 2 N–H and O–H groups in total. The van der Waals surface area contributed by atoms with Crippen LogP contribution in [0.1, 0.15) is 42.8 Å². The van der Waals surface area contributed by atoms with E-state index in [0.717, 1.165) is 25.6 Å². The molecule has 2 aromatic heterocycles. The second-order valence-electron chi connectivity index (χ2n) is 4.83. The van der Waals surface area contributed by atoms with Crippen LogP contribution in [-0.2, 0) is 19.6 Å². The average molecular weight is 245 g/mol. The average Bonchev–Trinajstić information content (AvgIpc) is 2.96. The van der Waals surface area contributed by atoms with Gasteiger partial charge in [0.25, 0.3) is 0 Å². The smallest absolute Gasteiger partial charge is 0.0656 e. The van der Waals surface area contributed by atoms with Crippen molar-refractivity contribution >= 4 is 0 Å². The summed E-state index contributed by atoms with van der Waals surface area (Å²) in [6, 6.07) is 4.24. The van der Waals surface area contributed by atoms with E-state index in [1.54, 1.807) is 0 Å². The first-order valence-corrected chi connectivity index (χ1v) is 6.62. The fourth-order valence-corrected chi connectivity index (χ4v) is 2.18. The number of nitrogens with one attached hydrogen (secondary N) is 2. The zero-order valence-electron chi connectivity index (χ0n) is 10.7. The Morgan fingerprint density at radius 2 is 2.33 bits per heavy atom. The molecule has 0 unspecified atom stereocenters. The quantitative estimate of drug-likeness (QED) is 0.815. The van der Waals surface area contributed by atoms with Crippen LogP contribution in [0.15, 0.2) is 18.3 Å². The third kappa shape index (κ3) is 2.46. The highest BCUT2D eigenvalue weighted by Gasteiger charge is 2.25. The molecular formula is C13H19N5. The van der Waals surface area contributed by atoms with Gasteiger partial charge in [-0.3, -0.25) is 9.78 Å². The molecule has 2 aromatic rings. The van der Waals surface area contributed by atoms with Gasteiger partial charge in [-0.15, -0.1) is 0 Å². The van der Waals surface area contributed by atoms with Crippen LogP contribution >= 0.6 is 0 Å². The largest absolute Gasteiger partial charge is 0.306 e. The first kappa shape index (κ1) is 11.5. The summed E-state index contributed by atoms with van der Waals surface area (Å²) in [4.78, 5) is 0. The van der Waals surface area contributed by atoms with Crippen LogP contribution in [0.3, 0.4) is 0 Å². The van der Waals surface area contributed by atoms with Gasteiger partial charge >= 0.3 is 0 Å². The Bertz CT molecular complexity index is 509. The molecule has 0 bridgehead atoms. The van der Waals surface area contributed by atoms with Gasteiger partial charge in [0, 0.05) is 37.4 Å². The van der Waals surface area contributed by atoms with Crippen molar-refractivity contribution in [3.05, 3.63) is 35.4 Å². The van der Waals surface area contributed by atoms with E-state index in [1.807, 2.05) is 10.9 Å². The van der Waals surface area contributed by atoms with Crippen LogP contribution in [0.5, 0.6) is 0 Å². The standard InChI is InChI=1S/C13H19N5/c1-2-18-12(5-6-15-18)9-14-8-11-7-13(17-16-11)10-3-4-10/h5-7,10,14H,2-4,8-9H2,1H3,(H,16,17). The maximum absolute atomic E-state index is 4.35. The third-order valence-electron chi connectivity index (χ3n) is 3.37. The molecule has 1 aliphatic carbocycles. The molecular weight excluding hydrogens is 226 g/mol. The maximum Gasteiger partial charge on any atom is 0.0656 e. The lowest BCUT2D eigenvalue weighted by molar-refractivity contribution is 0.578. The highest BCUT2D eigenvalue weighted by Crippen LogP contribution is 2.38. The predicted molar refractivity (Wildman–Crippen MR) is 69.0 cm³/mol. The van der Waals surface area contributed by atoms with E-state index in [1.165, 1.54) is 29.9 Å². The van der Waals surface area contributed by atoms with Crippen LogP contribution in [0.2, 0.25) is 0 Å². The van der Waals surface area contributed by atoms with Crippen molar-refractivity contribution in [2.24, 2.45) is 0 Å². The SMILES string of the molecule is CCn1nccc1CNCc1cc(C2CC2)n[nH]1. The van der Waals surface area contributed by atoms with Crippen molar-refractivity contribution in [1.29, 1.82) is 0 Å². The number of aromatic nitrogens is 4. The second kappa shape index (κ2) is 4.94. The Kier molecular flexibility index (Phi) is 3.15. The Labute approximate surface area is 107 Å². The molecule has 0 spiro atoms. The molecule has 2 heterocycles. The van der Waals surface area contributed by atoms with E-state index in [0.29, 0.717) is 0 Å². The molecule has 0 atom stereocenters. The lowest BCUT2D eigenvalue weighted by atomic mass is 10.2. The summed E-state index contributed by atoms with van der Waals surface area (Å²) >= 11 is 0. The van der Waals surface area contributed by atoms with Gasteiger partial charge in [-0.2, -0.15) is 10.2 Å². The van der Waals surface area contributed by atoms with Crippen LogP contribution in [-0.4, -0.2) is 20.0 Å². The van der Waals surface area contributed by atoms with Crippen molar-refractivity contribution in [2.45, 2.75) is 45.3 Å². The summed E-state index contributed by atoms with van der Waals surface area (Å²) in [5, 5.41) is 15.1. The topological polar surface area (TPSA) is 58.5 Å². The molecule has 1 fully saturated rings. The van der Waals surface area contributed by atoms with E-state index in [4.69, 9.17) is 0 Å². The monoisotopic (exact) mass is 245 g/mol. The molecule has 5 nitrogen and oxygen atoms in total. The molecule has 0 aromatic carbocycles. The number of hydrogen-bond acceptors (Lipinski definition) is 3. The van der Waals surface area contributed by atoms with Crippen molar-refractivity contribution < 1.29 is 0 Å². The number of aryl methyl sites for hydroxylation is 1. The van der Waals surface area contributed by atoms with Crippen LogP contribution in [0.25, 0.3) is 0 Å². The summed E-state index contributed by atoms with van der Waals surface area (Å²) in [6.07, 6.45) is 4.45. The van der Waals surface area contributed by atoms with Gasteiger partial charge in [0.05, 0.1) is 11.4 Å². The fraction of sp³-hybridized carbons (Fsp3) is 0.538. The summed E-state index contributed by atoms with van der Waals surface area (Å²) < 4.78 is 2.01. The van der Waals surface area contributed by atoms with Crippen LogP contribution < -0.4 is 5.32 Å². The van der Waals surface area contributed by atoms with E-state index >= 15 is 0 Å². The molecule has 3 rings (SSSR count). The molecule has 0 amide bonds. The zero-order chi connectivity index (χ0) is 12.4. The van der Waals surface area contributed by atoms with Gasteiger partial charge in [0.2, 0.25) is 0 Å². The summed E-state index contributed by atoms with van der Waals surface area (Å²) in [5.41, 5.74) is 3.62. The molecule has 0 radical (unpaired) electrons. The third-order valence-corrected chi connectivity index (χ3v) is 3.37. The van der Waals surface area contributed by atoms with E-state index < -0.39 is 0 Å². The summed E-state index contributed by atoms with van der Waals surface area (Å²) in [7, 11) is 0. The Balaban J connectivity index is 1.51. The molecule has 5 heteroatoms. The van der Waals surface area contributed by atoms with E-state index in [-0.39, 0.29) is 0 Å². The fourth-order valence-electron chi connectivity index (χ4n) is 2.18. The zero-order valence-corrected chi connectivity index (χ0v) is 10.7. The number of rotatable bonds is 6. The summed E-state index contributed by atoms with van der Waals surface area (Å²) in [5.74, 6) is 0.719. The van der Waals surface area contributed by atoms with Crippen molar-refractivity contribution in [1.82, 2.24) is 25.3 Å². The molecule has 0 aliphatic heterocycles. The van der Waals surface area contributed by atoms with Crippen molar-refractivity contribution in [3.8, 4) is 0 Å². The Morgan fingerprint density at radius 1 is 1.44 bits per heavy atom. The first-order valence-electron chi connectivity index (χ1n) is 6.62. The van der Waals surface area contributed by atoms with Gasteiger partial charge < -0.3 is 5.32 Å². The molecule has 1 aliphatic rings. The van der Waals surface area contributed by atoms with Crippen molar-refractivity contribution in [3.63, 3.8) is 0 Å². The lowest BCUT2D eigenvalue weighted by Gasteiger charge is -2.05. The molecule has 1 saturated carbocycles. The minimum Gasteiger partial charge on any atom is -0.306 e. The number of aromatic amines is 1. The predicted octanol–water partition coefficient (Wildman–Crippen LogP) is 1.79. The highest BCUT2D eigenvalue weighted by molar-refractivity contribution is 5.17. The minimum absolute atomic E-state index is 0.719. The van der Waals surface area contributed by atoms with Crippen LogP contribution in [0, 0.1) is 0 Å². The normalized spacial score (nSPS) is 15.2. The highest BCUT2D eigenvalue weighted by atomic mass is 15.3. The van der Waals surface area contributed by atoms with Crippen LogP contribution in [0.4, 0.5) is 0 Å². The minimum atomic E-state index is 0.719. The first-order chi connectivity index (χ1) is 8.86. The lowest BCUT2D eigenvalue weighted by Crippen LogP contribution is -2.16.